The average molecular weight is 335 g/mol. The highest BCUT2D eigenvalue weighted by molar-refractivity contribution is 7.98. The fourth-order valence-electron chi connectivity index (χ4n) is 1.85. The van der Waals surface area contributed by atoms with Crippen LogP contribution in [0.25, 0.3) is 11.3 Å². The van der Waals surface area contributed by atoms with E-state index in [0.717, 1.165) is 5.56 Å². The van der Waals surface area contributed by atoms with Crippen LogP contribution in [0.5, 0.6) is 0 Å². The minimum absolute atomic E-state index is 0.413. The monoisotopic (exact) mass is 334 g/mol. The maximum Gasteiger partial charge on any atom is 0.189 e. The quantitative estimate of drug-likeness (QED) is 0.495. The van der Waals surface area contributed by atoms with Crippen molar-refractivity contribution in [3.63, 3.8) is 0 Å². The summed E-state index contributed by atoms with van der Waals surface area (Å²) in [5.74, 6) is 0.517. The van der Waals surface area contributed by atoms with Gasteiger partial charge in [-0.3, -0.25) is 0 Å². The van der Waals surface area contributed by atoms with E-state index in [1.165, 1.54) is 11.8 Å². The van der Waals surface area contributed by atoms with Gasteiger partial charge >= 0.3 is 0 Å². The van der Waals surface area contributed by atoms with E-state index in [1.54, 1.807) is 19.2 Å². The highest BCUT2D eigenvalue weighted by atomic mass is 35.5. The first-order chi connectivity index (χ1) is 10.7. The number of aromatic nitrogens is 2. The molecule has 0 fully saturated rings. The van der Waals surface area contributed by atoms with Gasteiger partial charge in [-0.25, -0.2) is 9.97 Å². The van der Waals surface area contributed by atoms with Gasteiger partial charge < -0.3 is 10.1 Å². The predicted octanol–water partition coefficient (Wildman–Crippen LogP) is 3.45. The average Bonchev–Trinajstić information content (AvgIpc) is 2.55. The molecule has 0 spiro atoms. The second-order valence-corrected chi connectivity index (χ2v) is 5.53. The van der Waals surface area contributed by atoms with Crippen LogP contribution in [0.1, 0.15) is 5.56 Å². The number of nitriles is 1. The molecule has 0 bridgehead atoms. The van der Waals surface area contributed by atoms with Gasteiger partial charge in [0, 0.05) is 24.2 Å². The molecule has 7 heteroatoms. The smallest absolute Gasteiger partial charge is 0.189 e. The number of hydrogen-bond acceptors (Lipinski definition) is 6. The molecule has 0 aliphatic rings. The molecule has 0 aliphatic carbocycles. The first-order valence-corrected chi connectivity index (χ1v) is 8.14. The van der Waals surface area contributed by atoms with Crippen molar-refractivity contribution in [2.24, 2.45) is 0 Å². The summed E-state index contributed by atoms with van der Waals surface area (Å²) >= 11 is 7.34. The standard InChI is InChI=1S/C15H15ClN4OS/c1-21-8-7-18-14-12(9-17)13(19-15(20-14)22-2)10-3-5-11(16)6-4-10/h3-6H,7-8H2,1-2H3,(H,18,19,20). The summed E-state index contributed by atoms with van der Waals surface area (Å²) in [5, 5.41) is 13.9. The molecule has 22 heavy (non-hydrogen) atoms. The van der Waals surface area contributed by atoms with E-state index in [4.69, 9.17) is 16.3 Å². The molecule has 0 amide bonds. The van der Waals surface area contributed by atoms with Crippen molar-refractivity contribution in [1.29, 1.82) is 5.26 Å². The van der Waals surface area contributed by atoms with Gasteiger partial charge in [-0.15, -0.1) is 0 Å². The van der Waals surface area contributed by atoms with Crippen LogP contribution in [-0.2, 0) is 4.74 Å². The lowest BCUT2D eigenvalue weighted by molar-refractivity contribution is 0.210. The molecule has 0 atom stereocenters. The largest absolute Gasteiger partial charge is 0.383 e. The van der Waals surface area contributed by atoms with Gasteiger partial charge in [-0.05, 0) is 18.4 Å². The Bertz CT molecular complexity index is 685. The van der Waals surface area contributed by atoms with Crippen LogP contribution >= 0.6 is 23.4 Å². The molecule has 0 radical (unpaired) electrons. The zero-order valence-corrected chi connectivity index (χ0v) is 13.8. The SMILES string of the molecule is COCCNc1nc(SC)nc(-c2ccc(Cl)cc2)c1C#N. The van der Waals surface area contributed by atoms with Crippen LogP contribution in [0.2, 0.25) is 5.02 Å². The van der Waals surface area contributed by atoms with E-state index in [-0.39, 0.29) is 0 Å². The zero-order chi connectivity index (χ0) is 15.9. The molecule has 0 saturated carbocycles. The fourth-order valence-corrected chi connectivity index (χ4v) is 2.34. The lowest BCUT2D eigenvalue weighted by Crippen LogP contribution is -2.12. The number of benzene rings is 1. The van der Waals surface area contributed by atoms with Crippen molar-refractivity contribution in [3.05, 3.63) is 34.9 Å². The number of nitrogens with zero attached hydrogens (tertiary/aromatic N) is 3. The van der Waals surface area contributed by atoms with Crippen LogP contribution < -0.4 is 5.32 Å². The summed E-state index contributed by atoms with van der Waals surface area (Å²) in [5.41, 5.74) is 1.84. The third-order valence-electron chi connectivity index (χ3n) is 2.90. The van der Waals surface area contributed by atoms with E-state index in [2.05, 4.69) is 21.4 Å². The lowest BCUT2D eigenvalue weighted by atomic mass is 10.1. The van der Waals surface area contributed by atoms with Gasteiger partial charge in [0.2, 0.25) is 0 Å². The zero-order valence-electron chi connectivity index (χ0n) is 12.3. The molecule has 2 aromatic rings. The topological polar surface area (TPSA) is 70.8 Å². The van der Waals surface area contributed by atoms with Crippen molar-refractivity contribution in [2.45, 2.75) is 5.16 Å². The summed E-state index contributed by atoms with van der Waals surface area (Å²) in [6, 6.07) is 9.42. The van der Waals surface area contributed by atoms with Crippen molar-refractivity contribution >= 4 is 29.2 Å². The highest BCUT2D eigenvalue weighted by Gasteiger charge is 2.15. The molecule has 0 aliphatic heterocycles. The molecule has 1 aromatic heterocycles. The number of nitrogens with one attached hydrogen (secondary N) is 1. The third kappa shape index (κ3) is 3.89. The van der Waals surface area contributed by atoms with E-state index in [1.807, 2.05) is 18.4 Å². The second-order valence-electron chi connectivity index (χ2n) is 4.32. The molecule has 0 saturated heterocycles. The Morgan fingerprint density at radius 3 is 2.64 bits per heavy atom. The van der Waals surface area contributed by atoms with Crippen LogP contribution in [-0.4, -0.2) is 36.5 Å². The minimum atomic E-state index is 0.413. The van der Waals surface area contributed by atoms with Gasteiger partial charge in [-0.2, -0.15) is 5.26 Å². The Kier molecular flexibility index (Phi) is 6.01. The van der Waals surface area contributed by atoms with Crippen molar-refractivity contribution in [2.75, 3.05) is 31.8 Å². The number of ether oxygens (including phenoxy) is 1. The van der Waals surface area contributed by atoms with Gasteiger partial charge in [-0.1, -0.05) is 35.5 Å². The molecular weight excluding hydrogens is 320 g/mol. The second kappa shape index (κ2) is 7.99. The summed E-state index contributed by atoms with van der Waals surface area (Å²) in [6.07, 6.45) is 1.89. The number of thioether (sulfide) groups is 1. The van der Waals surface area contributed by atoms with Crippen LogP contribution in [0.15, 0.2) is 29.4 Å². The molecule has 1 aromatic carbocycles. The summed E-state index contributed by atoms with van der Waals surface area (Å²) < 4.78 is 5.01. The molecule has 1 heterocycles. The highest BCUT2D eigenvalue weighted by Crippen LogP contribution is 2.29. The van der Waals surface area contributed by atoms with E-state index >= 15 is 0 Å². The molecular formula is C15H15ClN4OS. The van der Waals surface area contributed by atoms with Crippen LogP contribution in [0, 0.1) is 11.3 Å². The van der Waals surface area contributed by atoms with Crippen molar-refractivity contribution in [1.82, 2.24) is 9.97 Å². The van der Waals surface area contributed by atoms with Crippen molar-refractivity contribution in [3.8, 4) is 17.3 Å². The number of halogens is 1. The van der Waals surface area contributed by atoms with Crippen LogP contribution in [0.4, 0.5) is 5.82 Å². The Balaban J connectivity index is 2.49. The maximum atomic E-state index is 9.50. The summed E-state index contributed by atoms with van der Waals surface area (Å²) in [4.78, 5) is 8.84. The van der Waals surface area contributed by atoms with E-state index in [9.17, 15) is 5.26 Å². The van der Waals surface area contributed by atoms with Gasteiger partial charge in [0.25, 0.3) is 0 Å². The van der Waals surface area contributed by atoms with Gasteiger partial charge in [0.15, 0.2) is 5.16 Å². The lowest BCUT2D eigenvalue weighted by Gasteiger charge is -2.12. The van der Waals surface area contributed by atoms with Gasteiger partial charge in [0.1, 0.15) is 17.5 Å². The molecule has 5 nitrogen and oxygen atoms in total. The van der Waals surface area contributed by atoms with E-state index in [0.29, 0.717) is 40.4 Å². The minimum Gasteiger partial charge on any atom is -0.383 e. The predicted molar refractivity (Wildman–Crippen MR) is 89.3 cm³/mol. The fraction of sp³-hybridized carbons (Fsp3) is 0.267. The molecule has 0 unspecified atom stereocenters. The molecule has 114 valence electrons. The van der Waals surface area contributed by atoms with Crippen molar-refractivity contribution < 1.29 is 4.74 Å². The third-order valence-corrected chi connectivity index (χ3v) is 3.70. The van der Waals surface area contributed by atoms with E-state index < -0.39 is 0 Å². The Labute approximate surface area is 138 Å². The number of rotatable bonds is 6. The summed E-state index contributed by atoms with van der Waals surface area (Å²) in [7, 11) is 1.62. The normalized spacial score (nSPS) is 10.3. The Morgan fingerprint density at radius 2 is 2.05 bits per heavy atom. The molecule has 2 rings (SSSR count). The van der Waals surface area contributed by atoms with Gasteiger partial charge in [0.05, 0.1) is 12.3 Å². The maximum absolute atomic E-state index is 9.50. The Morgan fingerprint density at radius 1 is 1.32 bits per heavy atom. The Hall–Kier alpha value is -1.81. The first kappa shape index (κ1) is 16.6. The number of methoxy groups -OCH3 is 1. The first-order valence-electron chi connectivity index (χ1n) is 6.54. The summed E-state index contributed by atoms with van der Waals surface area (Å²) in [6.45, 7) is 1.09. The number of hydrogen-bond donors (Lipinski definition) is 1. The number of anilines is 1. The van der Waals surface area contributed by atoms with Crippen LogP contribution in [0.3, 0.4) is 0 Å². The molecule has 1 N–H and O–H groups in total.